The quantitative estimate of drug-likeness (QED) is 0.801. The zero-order valence-electron chi connectivity index (χ0n) is 12.1. The maximum absolute atomic E-state index is 11.6. The van der Waals surface area contributed by atoms with Crippen LogP contribution >= 0.6 is 0 Å². The molecule has 1 rings (SSSR count). The van der Waals surface area contributed by atoms with Crippen molar-refractivity contribution in [2.45, 2.75) is 39.3 Å². The Balaban J connectivity index is 2.64. The van der Waals surface area contributed by atoms with E-state index in [1.807, 2.05) is 6.92 Å². The second-order valence-electron chi connectivity index (χ2n) is 5.26. The Morgan fingerprint density at radius 2 is 1.78 bits per heavy atom. The third-order valence-electron chi connectivity index (χ3n) is 3.51. The maximum atomic E-state index is 11.6. The van der Waals surface area contributed by atoms with Crippen LogP contribution in [0.3, 0.4) is 0 Å². The van der Waals surface area contributed by atoms with Crippen LogP contribution in [0.25, 0.3) is 0 Å². The normalized spacial score (nSPS) is 14.3. The van der Waals surface area contributed by atoms with Crippen LogP contribution in [0.4, 0.5) is 0 Å². The molecule has 100 valence electrons. The van der Waals surface area contributed by atoms with Crippen molar-refractivity contribution in [3.8, 4) is 0 Å². The first-order valence-corrected chi connectivity index (χ1v) is 6.58. The van der Waals surface area contributed by atoms with Crippen LogP contribution in [-0.4, -0.2) is 26.0 Å². The molecule has 1 aromatic rings. The van der Waals surface area contributed by atoms with E-state index >= 15 is 0 Å². The molecular weight excluding hydrogens is 224 g/mol. The van der Waals surface area contributed by atoms with E-state index in [4.69, 9.17) is 0 Å². The summed E-state index contributed by atoms with van der Waals surface area (Å²) in [5.74, 6) is 0.653. The summed E-state index contributed by atoms with van der Waals surface area (Å²) in [6.07, 6.45) is 0. The topological polar surface area (TPSA) is 33.5 Å². The highest BCUT2D eigenvalue weighted by Gasteiger charge is 2.20. The highest BCUT2D eigenvalue weighted by molar-refractivity contribution is 5.79. The summed E-state index contributed by atoms with van der Waals surface area (Å²) in [6.45, 7) is 7.21. The predicted molar refractivity (Wildman–Crippen MR) is 74.7 cm³/mol. The first kappa shape index (κ1) is 14.7. The molecule has 0 aliphatic heterocycles. The molecule has 0 saturated heterocycles. The average molecular weight is 249 g/mol. The van der Waals surface area contributed by atoms with Gasteiger partial charge in [-0.15, -0.1) is 0 Å². The third kappa shape index (κ3) is 3.84. The molecule has 0 aromatic heterocycles. The van der Waals surface area contributed by atoms with Crippen LogP contribution in [0, 0.1) is 0 Å². The monoisotopic (exact) mass is 249 g/mol. The first-order valence-electron chi connectivity index (χ1n) is 6.58. The van der Waals surface area contributed by atoms with Crippen LogP contribution in [0.5, 0.6) is 0 Å². The van der Waals surface area contributed by atoms with Crippen molar-refractivity contribution in [1.29, 1.82) is 0 Å². The summed E-state index contributed by atoms with van der Waals surface area (Å²) in [5.41, 5.74) is 2.63. The first-order chi connectivity index (χ1) is 8.45. The van der Waals surface area contributed by atoms with Crippen molar-refractivity contribution in [3.63, 3.8) is 0 Å². The lowest BCUT2D eigenvalue weighted by Gasteiger charge is -2.20. The van der Waals surface area contributed by atoms with Crippen LogP contribution in [0.1, 0.15) is 37.8 Å². The number of quaternary nitrogens is 1. The second-order valence-corrected chi connectivity index (χ2v) is 5.26. The SMILES string of the molecule is CNC(=O)[C@@H](C)[NH+](C)Cc1ccc(C(C)C)cc1. The van der Waals surface area contributed by atoms with Crippen molar-refractivity contribution < 1.29 is 9.69 Å². The van der Waals surface area contributed by atoms with Gasteiger partial charge in [-0.3, -0.25) is 4.79 Å². The Morgan fingerprint density at radius 1 is 1.22 bits per heavy atom. The molecule has 0 heterocycles. The molecular formula is C15H25N2O+. The summed E-state index contributed by atoms with van der Waals surface area (Å²) >= 11 is 0. The number of nitrogens with one attached hydrogen (secondary N) is 2. The highest BCUT2D eigenvalue weighted by Crippen LogP contribution is 2.14. The number of rotatable bonds is 5. The number of amides is 1. The van der Waals surface area contributed by atoms with Gasteiger partial charge < -0.3 is 10.2 Å². The molecule has 0 aliphatic carbocycles. The minimum atomic E-state index is -0.0280. The van der Waals surface area contributed by atoms with Crippen molar-refractivity contribution in [2.75, 3.05) is 14.1 Å². The lowest BCUT2D eigenvalue weighted by atomic mass is 10.0. The van der Waals surface area contributed by atoms with E-state index in [0.717, 1.165) is 6.54 Å². The molecule has 1 aromatic carbocycles. The molecule has 0 spiro atoms. The zero-order valence-corrected chi connectivity index (χ0v) is 12.1. The third-order valence-corrected chi connectivity index (χ3v) is 3.51. The van der Waals surface area contributed by atoms with E-state index in [1.54, 1.807) is 7.05 Å². The van der Waals surface area contributed by atoms with Gasteiger partial charge in [0.25, 0.3) is 5.91 Å². The number of hydrogen-bond donors (Lipinski definition) is 2. The summed E-state index contributed by atoms with van der Waals surface area (Å²) in [4.78, 5) is 12.8. The van der Waals surface area contributed by atoms with Crippen molar-refractivity contribution in [3.05, 3.63) is 35.4 Å². The Labute approximate surface area is 110 Å². The van der Waals surface area contributed by atoms with Crippen LogP contribution < -0.4 is 10.2 Å². The minimum absolute atomic E-state index is 0.0280. The van der Waals surface area contributed by atoms with Gasteiger partial charge in [-0.1, -0.05) is 38.1 Å². The molecule has 0 saturated carbocycles. The highest BCUT2D eigenvalue weighted by atomic mass is 16.2. The summed E-state index contributed by atoms with van der Waals surface area (Å²) in [5, 5.41) is 2.70. The second kappa shape index (κ2) is 6.55. The fourth-order valence-corrected chi connectivity index (χ4v) is 1.94. The van der Waals surface area contributed by atoms with Gasteiger partial charge in [0, 0.05) is 12.6 Å². The number of benzene rings is 1. The number of carbonyl (C=O) groups excluding carboxylic acids is 1. The molecule has 0 radical (unpaired) electrons. The van der Waals surface area contributed by atoms with Gasteiger partial charge >= 0.3 is 0 Å². The fraction of sp³-hybridized carbons (Fsp3) is 0.533. The molecule has 0 bridgehead atoms. The van der Waals surface area contributed by atoms with Gasteiger partial charge in [-0.25, -0.2) is 0 Å². The molecule has 1 amide bonds. The molecule has 3 nitrogen and oxygen atoms in total. The minimum Gasteiger partial charge on any atom is -0.354 e. The van der Waals surface area contributed by atoms with Crippen molar-refractivity contribution in [1.82, 2.24) is 5.32 Å². The molecule has 0 fully saturated rings. The fourth-order valence-electron chi connectivity index (χ4n) is 1.94. The van der Waals surface area contributed by atoms with Gasteiger partial charge in [0.15, 0.2) is 6.04 Å². The summed E-state index contributed by atoms with van der Waals surface area (Å²) < 4.78 is 0. The van der Waals surface area contributed by atoms with E-state index in [2.05, 4.69) is 50.5 Å². The zero-order chi connectivity index (χ0) is 13.7. The number of hydrogen-bond acceptors (Lipinski definition) is 1. The van der Waals surface area contributed by atoms with Crippen molar-refractivity contribution >= 4 is 5.91 Å². The smallest absolute Gasteiger partial charge is 0.277 e. The summed E-state index contributed by atoms with van der Waals surface area (Å²) in [7, 11) is 3.74. The largest absolute Gasteiger partial charge is 0.354 e. The van der Waals surface area contributed by atoms with Gasteiger partial charge in [-0.2, -0.15) is 0 Å². The van der Waals surface area contributed by atoms with Gasteiger partial charge in [0.05, 0.1) is 7.05 Å². The standard InChI is InChI=1S/C15H24N2O/c1-11(2)14-8-6-13(7-9-14)10-17(5)12(3)15(18)16-4/h6-9,11-12H,10H2,1-5H3,(H,16,18)/p+1/t12-/m1/s1. The predicted octanol–water partition coefficient (Wildman–Crippen LogP) is 0.959. The van der Waals surface area contributed by atoms with E-state index in [0.29, 0.717) is 5.92 Å². The van der Waals surface area contributed by atoms with Crippen molar-refractivity contribution in [2.24, 2.45) is 0 Å². The Morgan fingerprint density at radius 3 is 2.22 bits per heavy atom. The molecule has 1 unspecified atom stereocenters. The number of carbonyl (C=O) groups is 1. The maximum Gasteiger partial charge on any atom is 0.277 e. The molecule has 2 N–H and O–H groups in total. The lowest BCUT2D eigenvalue weighted by Crippen LogP contribution is -3.12. The Bertz CT molecular complexity index is 384. The van der Waals surface area contributed by atoms with Gasteiger partial charge in [-0.05, 0) is 18.4 Å². The average Bonchev–Trinajstić information content (AvgIpc) is 2.37. The van der Waals surface area contributed by atoms with Gasteiger partial charge in [0.2, 0.25) is 0 Å². The van der Waals surface area contributed by atoms with Gasteiger partial charge in [0.1, 0.15) is 6.54 Å². The molecule has 18 heavy (non-hydrogen) atoms. The Kier molecular flexibility index (Phi) is 5.35. The van der Waals surface area contributed by atoms with E-state index in [1.165, 1.54) is 16.0 Å². The molecule has 2 atom stereocenters. The van der Waals surface area contributed by atoms with Crippen LogP contribution in [-0.2, 0) is 11.3 Å². The molecule has 0 aliphatic rings. The summed E-state index contributed by atoms with van der Waals surface area (Å²) in [6, 6.07) is 8.65. The molecule has 3 heteroatoms. The number of likely N-dealkylation sites (N-methyl/N-ethyl adjacent to an activating group) is 2. The van der Waals surface area contributed by atoms with Crippen LogP contribution in [0.2, 0.25) is 0 Å². The lowest BCUT2D eigenvalue weighted by molar-refractivity contribution is -0.908. The Hall–Kier alpha value is -1.35. The van der Waals surface area contributed by atoms with E-state index in [-0.39, 0.29) is 11.9 Å². The van der Waals surface area contributed by atoms with E-state index in [9.17, 15) is 4.79 Å². The van der Waals surface area contributed by atoms with Crippen LogP contribution in [0.15, 0.2) is 24.3 Å². The van der Waals surface area contributed by atoms with E-state index < -0.39 is 0 Å².